The second-order valence-corrected chi connectivity index (χ2v) is 4.67. The van der Waals surface area contributed by atoms with Crippen LogP contribution in [-0.4, -0.2) is 12.5 Å². The summed E-state index contributed by atoms with van der Waals surface area (Å²) >= 11 is 0. The minimum absolute atomic E-state index is 0.236. The molecule has 0 fully saturated rings. The van der Waals surface area contributed by atoms with Gasteiger partial charge in [0.05, 0.1) is 0 Å². The van der Waals surface area contributed by atoms with Crippen molar-refractivity contribution >= 4 is 22.6 Å². The number of benzene rings is 2. The van der Waals surface area contributed by atoms with Crippen molar-refractivity contribution in [1.29, 1.82) is 0 Å². The number of nitrogens with zero attached hydrogens (tertiary/aromatic N) is 1. The molecular formula is C17H14FNO2. The van der Waals surface area contributed by atoms with E-state index in [4.69, 9.17) is 4.42 Å². The molecular weight excluding hydrogens is 269 g/mol. The van der Waals surface area contributed by atoms with Crippen LogP contribution in [0, 0.1) is 5.82 Å². The first kappa shape index (κ1) is 13.4. The molecule has 3 aromatic rings. The highest BCUT2D eigenvalue weighted by atomic mass is 19.1. The number of fused-ring (bicyclic) bond motifs is 1. The Morgan fingerprint density at radius 2 is 1.86 bits per heavy atom. The van der Waals surface area contributed by atoms with Crippen molar-refractivity contribution in [2.75, 3.05) is 11.4 Å². The minimum atomic E-state index is -0.328. The Balaban J connectivity index is 1.96. The van der Waals surface area contributed by atoms with E-state index in [0.717, 1.165) is 5.39 Å². The van der Waals surface area contributed by atoms with E-state index in [2.05, 4.69) is 0 Å². The highest BCUT2D eigenvalue weighted by molar-refractivity contribution is 6.06. The van der Waals surface area contributed by atoms with Crippen molar-refractivity contribution in [2.24, 2.45) is 0 Å². The van der Waals surface area contributed by atoms with Crippen molar-refractivity contribution in [2.45, 2.75) is 6.92 Å². The van der Waals surface area contributed by atoms with Crippen LogP contribution in [0.3, 0.4) is 0 Å². The van der Waals surface area contributed by atoms with E-state index in [0.29, 0.717) is 17.8 Å². The van der Waals surface area contributed by atoms with Crippen LogP contribution in [0.2, 0.25) is 0 Å². The number of amides is 1. The average molecular weight is 283 g/mol. The number of carbonyl (C=O) groups excluding carboxylic acids is 1. The number of carbonyl (C=O) groups is 1. The second-order valence-electron chi connectivity index (χ2n) is 4.67. The van der Waals surface area contributed by atoms with Crippen LogP contribution in [0.1, 0.15) is 17.5 Å². The van der Waals surface area contributed by atoms with Gasteiger partial charge >= 0.3 is 0 Å². The Morgan fingerprint density at radius 3 is 2.52 bits per heavy atom. The molecule has 1 heterocycles. The summed E-state index contributed by atoms with van der Waals surface area (Å²) in [7, 11) is 0. The zero-order valence-electron chi connectivity index (χ0n) is 11.5. The van der Waals surface area contributed by atoms with Gasteiger partial charge in [-0.2, -0.15) is 0 Å². The molecule has 0 spiro atoms. The molecule has 1 amide bonds. The van der Waals surface area contributed by atoms with E-state index >= 15 is 0 Å². The number of rotatable bonds is 3. The second kappa shape index (κ2) is 5.40. The van der Waals surface area contributed by atoms with Crippen LogP contribution in [0.4, 0.5) is 10.1 Å². The summed E-state index contributed by atoms with van der Waals surface area (Å²) in [4.78, 5) is 14.1. The van der Waals surface area contributed by atoms with Crippen LogP contribution in [0.25, 0.3) is 11.0 Å². The number of para-hydroxylation sites is 1. The first-order valence-corrected chi connectivity index (χ1v) is 6.75. The molecule has 1 aromatic heterocycles. The zero-order valence-corrected chi connectivity index (χ0v) is 11.5. The SMILES string of the molecule is CCN(C(=O)c1cc2ccccc2o1)c1ccc(F)cc1. The van der Waals surface area contributed by atoms with Gasteiger partial charge in [-0.1, -0.05) is 18.2 Å². The summed E-state index contributed by atoms with van der Waals surface area (Å²) < 4.78 is 18.6. The lowest BCUT2D eigenvalue weighted by molar-refractivity contribution is 0.0964. The van der Waals surface area contributed by atoms with Gasteiger partial charge in [0.2, 0.25) is 0 Å². The van der Waals surface area contributed by atoms with Gasteiger partial charge in [0.1, 0.15) is 11.4 Å². The summed E-state index contributed by atoms with van der Waals surface area (Å²) in [6.07, 6.45) is 0. The molecule has 0 saturated heterocycles. The molecule has 0 unspecified atom stereocenters. The Hall–Kier alpha value is -2.62. The number of anilines is 1. The van der Waals surface area contributed by atoms with Crippen LogP contribution in [0.15, 0.2) is 59.0 Å². The molecule has 0 N–H and O–H groups in total. The lowest BCUT2D eigenvalue weighted by Crippen LogP contribution is -2.30. The maximum atomic E-state index is 13.0. The molecule has 0 aliphatic heterocycles. The van der Waals surface area contributed by atoms with Gasteiger partial charge in [-0.05, 0) is 43.3 Å². The normalized spacial score (nSPS) is 10.8. The third-order valence-electron chi connectivity index (χ3n) is 3.34. The summed E-state index contributed by atoms with van der Waals surface area (Å²) in [5, 5.41) is 0.885. The van der Waals surface area contributed by atoms with Crippen molar-refractivity contribution in [3.05, 3.63) is 66.2 Å². The molecule has 0 radical (unpaired) electrons. The highest BCUT2D eigenvalue weighted by Crippen LogP contribution is 2.23. The Labute approximate surface area is 121 Å². The smallest absolute Gasteiger partial charge is 0.294 e. The average Bonchev–Trinajstić information content (AvgIpc) is 2.93. The summed E-state index contributed by atoms with van der Waals surface area (Å²) in [6, 6.07) is 15.0. The van der Waals surface area contributed by atoms with Crippen molar-refractivity contribution in [3.8, 4) is 0 Å². The number of hydrogen-bond donors (Lipinski definition) is 0. The van der Waals surface area contributed by atoms with Gasteiger partial charge in [-0.15, -0.1) is 0 Å². The molecule has 0 bridgehead atoms. The first-order chi connectivity index (χ1) is 10.2. The fourth-order valence-corrected chi connectivity index (χ4v) is 2.28. The fourth-order valence-electron chi connectivity index (χ4n) is 2.28. The van der Waals surface area contributed by atoms with E-state index in [1.807, 2.05) is 31.2 Å². The van der Waals surface area contributed by atoms with E-state index in [1.165, 1.54) is 12.1 Å². The molecule has 3 rings (SSSR count). The molecule has 0 aliphatic rings. The van der Waals surface area contributed by atoms with Crippen LogP contribution in [0.5, 0.6) is 0 Å². The van der Waals surface area contributed by atoms with Gasteiger partial charge in [-0.3, -0.25) is 4.79 Å². The lowest BCUT2D eigenvalue weighted by Gasteiger charge is -2.19. The number of halogens is 1. The monoisotopic (exact) mass is 283 g/mol. The van der Waals surface area contributed by atoms with E-state index in [9.17, 15) is 9.18 Å². The molecule has 4 heteroatoms. The van der Waals surface area contributed by atoms with Gasteiger partial charge in [0.25, 0.3) is 5.91 Å². The first-order valence-electron chi connectivity index (χ1n) is 6.75. The van der Waals surface area contributed by atoms with Gasteiger partial charge in [0.15, 0.2) is 5.76 Å². The molecule has 2 aromatic carbocycles. The molecule has 0 atom stereocenters. The van der Waals surface area contributed by atoms with Gasteiger partial charge < -0.3 is 9.32 Å². The van der Waals surface area contributed by atoms with E-state index in [1.54, 1.807) is 23.1 Å². The highest BCUT2D eigenvalue weighted by Gasteiger charge is 2.20. The number of hydrogen-bond acceptors (Lipinski definition) is 2. The predicted molar refractivity (Wildman–Crippen MR) is 80.0 cm³/mol. The third kappa shape index (κ3) is 2.52. The van der Waals surface area contributed by atoms with Gasteiger partial charge in [-0.25, -0.2) is 4.39 Å². The summed E-state index contributed by atoms with van der Waals surface area (Å²) in [5.41, 5.74) is 1.32. The Bertz CT molecular complexity index is 744. The molecule has 21 heavy (non-hydrogen) atoms. The number of furan rings is 1. The Kier molecular flexibility index (Phi) is 3.44. The quantitative estimate of drug-likeness (QED) is 0.720. The lowest BCUT2D eigenvalue weighted by atomic mass is 10.2. The topological polar surface area (TPSA) is 33.5 Å². The molecule has 0 saturated carbocycles. The van der Waals surface area contributed by atoms with Crippen molar-refractivity contribution < 1.29 is 13.6 Å². The van der Waals surface area contributed by atoms with Gasteiger partial charge in [0, 0.05) is 17.6 Å². The van der Waals surface area contributed by atoms with Crippen LogP contribution >= 0.6 is 0 Å². The Morgan fingerprint density at radius 1 is 1.14 bits per heavy atom. The maximum absolute atomic E-state index is 13.0. The maximum Gasteiger partial charge on any atom is 0.294 e. The predicted octanol–water partition coefficient (Wildman–Crippen LogP) is 4.24. The summed E-state index contributed by atoms with van der Waals surface area (Å²) in [6.45, 7) is 2.34. The van der Waals surface area contributed by atoms with E-state index in [-0.39, 0.29) is 17.5 Å². The van der Waals surface area contributed by atoms with Crippen LogP contribution < -0.4 is 4.90 Å². The van der Waals surface area contributed by atoms with Crippen molar-refractivity contribution in [1.82, 2.24) is 0 Å². The van der Waals surface area contributed by atoms with Crippen LogP contribution in [-0.2, 0) is 0 Å². The fraction of sp³-hybridized carbons (Fsp3) is 0.118. The summed E-state index contributed by atoms with van der Waals surface area (Å²) in [5.74, 6) is -0.284. The largest absolute Gasteiger partial charge is 0.451 e. The third-order valence-corrected chi connectivity index (χ3v) is 3.34. The molecule has 106 valence electrons. The standard InChI is InChI=1S/C17H14FNO2/c1-2-19(14-9-7-13(18)8-10-14)17(20)16-11-12-5-3-4-6-15(12)21-16/h3-11H,2H2,1H3. The molecule has 0 aliphatic carbocycles. The van der Waals surface area contributed by atoms with E-state index < -0.39 is 0 Å². The van der Waals surface area contributed by atoms with Crippen molar-refractivity contribution in [3.63, 3.8) is 0 Å². The molecule has 3 nitrogen and oxygen atoms in total. The zero-order chi connectivity index (χ0) is 14.8. The minimum Gasteiger partial charge on any atom is -0.451 e.